The fraction of sp³-hybridized carbons (Fsp3) is 0.500. The van der Waals surface area contributed by atoms with E-state index >= 15 is 0 Å². The predicted molar refractivity (Wildman–Crippen MR) is 74.5 cm³/mol. The normalized spacial score (nSPS) is 17.9. The lowest BCUT2D eigenvalue weighted by atomic mass is 9.84. The van der Waals surface area contributed by atoms with Gasteiger partial charge in [-0.05, 0) is 31.2 Å². The summed E-state index contributed by atoms with van der Waals surface area (Å²) in [7, 11) is 0. The molecule has 3 N–H and O–H groups in total. The fourth-order valence-electron chi connectivity index (χ4n) is 2.00. The SMILES string of the molecule is CSC1(CNc2c(N)cccc2Cl)CCC1. The second-order valence-corrected chi connectivity index (χ2v) is 5.98. The summed E-state index contributed by atoms with van der Waals surface area (Å²) in [4.78, 5) is 0. The Morgan fingerprint density at radius 2 is 2.25 bits per heavy atom. The van der Waals surface area contributed by atoms with Crippen LogP contribution in [0.25, 0.3) is 0 Å². The Morgan fingerprint density at radius 3 is 2.75 bits per heavy atom. The first-order valence-corrected chi connectivity index (χ1v) is 7.10. The summed E-state index contributed by atoms with van der Waals surface area (Å²) < 4.78 is 0.394. The fourth-order valence-corrected chi connectivity index (χ4v) is 3.16. The van der Waals surface area contributed by atoms with E-state index in [2.05, 4.69) is 11.6 Å². The van der Waals surface area contributed by atoms with Gasteiger partial charge in [0.25, 0.3) is 0 Å². The van der Waals surface area contributed by atoms with Crippen molar-refractivity contribution in [2.75, 3.05) is 23.9 Å². The van der Waals surface area contributed by atoms with Crippen LogP contribution in [0.5, 0.6) is 0 Å². The van der Waals surface area contributed by atoms with Gasteiger partial charge in [0.2, 0.25) is 0 Å². The van der Waals surface area contributed by atoms with E-state index in [1.165, 1.54) is 19.3 Å². The monoisotopic (exact) mass is 256 g/mol. The summed E-state index contributed by atoms with van der Waals surface area (Å²) in [5, 5.41) is 4.10. The molecular formula is C12H17ClN2S. The van der Waals surface area contributed by atoms with Crippen LogP contribution >= 0.6 is 23.4 Å². The van der Waals surface area contributed by atoms with Gasteiger partial charge in [0, 0.05) is 11.3 Å². The summed E-state index contributed by atoms with van der Waals surface area (Å²) in [6.45, 7) is 0.947. The average Bonchev–Trinajstić information content (AvgIpc) is 2.20. The number of thioether (sulfide) groups is 1. The second kappa shape index (κ2) is 4.76. The van der Waals surface area contributed by atoms with E-state index in [1.807, 2.05) is 30.0 Å². The van der Waals surface area contributed by atoms with Crippen LogP contribution in [0.3, 0.4) is 0 Å². The number of nitrogen functional groups attached to an aromatic ring is 1. The summed E-state index contributed by atoms with van der Waals surface area (Å²) in [6.07, 6.45) is 6.08. The zero-order chi connectivity index (χ0) is 11.6. The van der Waals surface area contributed by atoms with Crippen LogP contribution in [0, 0.1) is 0 Å². The van der Waals surface area contributed by atoms with Crippen LogP contribution in [0.1, 0.15) is 19.3 Å². The van der Waals surface area contributed by atoms with Gasteiger partial charge in [-0.15, -0.1) is 0 Å². The van der Waals surface area contributed by atoms with Gasteiger partial charge >= 0.3 is 0 Å². The molecule has 1 fully saturated rings. The maximum Gasteiger partial charge on any atom is 0.0763 e. The van der Waals surface area contributed by atoms with Crippen molar-refractivity contribution in [3.05, 3.63) is 23.2 Å². The molecule has 1 aliphatic rings. The molecule has 0 unspecified atom stereocenters. The van der Waals surface area contributed by atoms with E-state index in [0.717, 1.165) is 17.9 Å². The standard InChI is InChI=1S/C12H17ClN2S/c1-16-12(6-3-7-12)8-15-11-9(13)4-2-5-10(11)14/h2,4-5,15H,3,6-8,14H2,1H3. The Kier molecular flexibility index (Phi) is 3.55. The van der Waals surface area contributed by atoms with E-state index in [9.17, 15) is 0 Å². The number of hydrogen-bond acceptors (Lipinski definition) is 3. The maximum absolute atomic E-state index is 6.11. The van der Waals surface area contributed by atoms with Gasteiger partial charge in [0.15, 0.2) is 0 Å². The largest absolute Gasteiger partial charge is 0.397 e. The smallest absolute Gasteiger partial charge is 0.0763 e. The molecule has 1 aromatic rings. The molecule has 16 heavy (non-hydrogen) atoms. The predicted octanol–water partition coefficient (Wildman–Crippen LogP) is 3.62. The van der Waals surface area contributed by atoms with Crippen LogP contribution in [-0.4, -0.2) is 17.5 Å². The second-order valence-electron chi connectivity index (χ2n) is 4.30. The number of rotatable bonds is 4. The maximum atomic E-state index is 6.11. The number of para-hydroxylation sites is 1. The molecule has 2 nitrogen and oxygen atoms in total. The van der Waals surface area contributed by atoms with Crippen molar-refractivity contribution in [2.45, 2.75) is 24.0 Å². The lowest BCUT2D eigenvalue weighted by Crippen LogP contribution is -2.40. The molecule has 88 valence electrons. The van der Waals surface area contributed by atoms with Crippen LogP contribution in [0.2, 0.25) is 5.02 Å². The van der Waals surface area contributed by atoms with Crippen LogP contribution < -0.4 is 11.1 Å². The molecule has 0 saturated heterocycles. The third kappa shape index (κ3) is 2.25. The first-order valence-electron chi connectivity index (χ1n) is 5.50. The van der Waals surface area contributed by atoms with E-state index in [1.54, 1.807) is 0 Å². The number of hydrogen-bond donors (Lipinski definition) is 2. The quantitative estimate of drug-likeness (QED) is 0.808. The van der Waals surface area contributed by atoms with Gasteiger partial charge in [0.05, 0.1) is 16.4 Å². The first kappa shape index (κ1) is 11.9. The lowest BCUT2D eigenvalue weighted by Gasteiger charge is -2.40. The van der Waals surface area contributed by atoms with E-state index < -0.39 is 0 Å². The van der Waals surface area contributed by atoms with Gasteiger partial charge in [0.1, 0.15) is 0 Å². The Hall–Kier alpha value is -0.540. The molecule has 0 heterocycles. The third-order valence-electron chi connectivity index (χ3n) is 3.33. The molecule has 0 bridgehead atoms. The number of nitrogens with two attached hydrogens (primary N) is 1. The lowest BCUT2D eigenvalue weighted by molar-refractivity contribution is 0.380. The van der Waals surface area contributed by atoms with Crippen LogP contribution in [-0.2, 0) is 0 Å². The number of nitrogens with one attached hydrogen (secondary N) is 1. The Balaban J connectivity index is 2.04. The molecular weight excluding hydrogens is 240 g/mol. The van der Waals surface area contributed by atoms with Gasteiger partial charge in [-0.1, -0.05) is 24.1 Å². The molecule has 0 spiro atoms. The van der Waals surface area contributed by atoms with Gasteiger partial charge in [-0.25, -0.2) is 0 Å². The Morgan fingerprint density at radius 1 is 1.50 bits per heavy atom. The zero-order valence-electron chi connectivity index (χ0n) is 9.42. The minimum atomic E-state index is 0.394. The van der Waals surface area contributed by atoms with Crippen molar-refractivity contribution in [1.29, 1.82) is 0 Å². The highest BCUT2D eigenvalue weighted by Gasteiger charge is 2.35. The molecule has 1 saturated carbocycles. The Labute approximate surface area is 106 Å². The van der Waals surface area contributed by atoms with Gasteiger partial charge < -0.3 is 11.1 Å². The van der Waals surface area contributed by atoms with Crippen molar-refractivity contribution in [1.82, 2.24) is 0 Å². The summed E-state index contributed by atoms with van der Waals surface area (Å²) >= 11 is 8.06. The van der Waals surface area contributed by atoms with Crippen molar-refractivity contribution < 1.29 is 0 Å². The third-order valence-corrected chi connectivity index (χ3v) is 5.06. The minimum Gasteiger partial charge on any atom is -0.397 e. The van der Waals surface area contributed by atoms with Crippen molar-refractivity contribution in [3.63, 3.8) is 0 Å². The molecule has 0 aromatic heterocycles. The summed E-state index contributed by atoms with van der Waals surface area (Å²) in [5.41, 5.74) is 7.50. The van der Waals surface area contributed by atoms with Crippen LogP contribution in [0.4, 0.5) is 11.4 Å². The first-order chi connectivity index (χ1) is 7.67. The molecule has 0 aliphatic heterocycles. The average molecular weight is 257 g/mol. The van der Waals surface area contributed by atoms with Crippen LogP contribution in [0.15, 0.2) is 18.2 Å². The highest BCUT2D eigenvalue weighted by atomic mass is 35.5. The number of anilines is 2. The molecule has 2 rings (SSSR count). The van der Waals surface area contributed by atoms with Crippen molar-refractivity contribution in [3.8, 4) is 0 Å². The van der Waals surface area contributed by atoms with Gasteiger partial charge in [-0.2, -0.15) is 11.8 Å². The Bertz CT molecular complexity index is 352. The van der Waals surface area contributed by atoms with Crippen molar-refractivity contribution in [2.24, 2.45) is 0 Å². The van der Waals surface area contributed by atoms with E-state index in [4.69, 9.17) is 17.3 Å². The zero-order valence-corrected chi connectivity index (χ0v) is 11.0. The molecule has 0 amide bonds. The molecule has 1 aromatic carbocycles. The van der Waals surface area contributed by atoms with E-state index in [-0.39, 0.29) is 0 Å². The van der Waals surface area contributed by atoms with Crippen molar-refractivity contribution >= 4 is 34.7 Å². The highest BCUT2D eigenvalue weighted by molar-refractivity contribution is 8.00. The van der Waals surface area contributed by atoms with Gasteiger partial charge in [-0.3, -0.25) is 0 Å². The molecule has 0 radical (unpaired) electrons. The molecule has 4 heteroatoms. The van der Waals surface area contributed by atoms with E-state index in [0.29, 0.717) is 9.77 Å². The number of halogens is 1. The highest BCUT2D eigenvalue weighted by Crippen LogP contribution is 2.43. The molecule has 1 aliphatic carbocycles. The summed E-state index contributed by atoms with van der Waals surface area (Å²) in [6, 6.07) is 5.62. The molecule has 0 atom stereocenters. The topological polar surface area (TPSA) is 38.0 Å². The summed E-state index contributed by atoms with van der Waals surface area (Å²) in [5.74, 6) is 0. The number of benzene rings is 1. The minimum absolute atomic E-state index is 0.394.